The zero-order valence-electron chi connectivity index (χ0n) is 9.34. The van der Waals surface area contributed by atoms with Gasteiger partial charge >= 0.3 is 11.7 Å². The van der Waals surface area contributed by atoms with E-state index in [2.05, 4.69) is 15.1 Å². The van der Waals surface area contributed by atoms with Crippen molar-refractivity contribution >= 4 is 17.7 Å². The van der Waals surface area contributed by atoms with E-state index in [4.69, 9.17) is 9.63 Å². The molecule has 0 aromatic carbocycles. The molecule has 2 N–H and O–H groups in total. The topological polar surface area (TPSA) is 109 Å². The van der Waals surface area contributed by atoms with E-state index in [1.807, 2.05) is 0 Å². The number of thioether (sulfide) groups is 1. The first-order valence-corrected chi connectivity index (χ1v) is 5.93. The number of nitrogens with one attached hydrogen (secondary N) is 1. The first-order valence-electron chi connectivity index (χ1n) is 4.94. The Morgan fingerprint density at radius 1 is 1.61 bits per heavy atom. The Balaban J connectivity index is 2.31. The lowest BCUT2D eigenvalue weighted by Crippen LogP contribution is -2.18. The number of nitrogens with zero attached hydrogens (tertiary/aromatic N) is 2. The fourth-order valence-electron chi connectivity index (χ4n) is 1.37. The Kier molecular flexibility index (Phi) is 3.47. The molecule has 0 radical (unpaired) electrons. The predicted molar refractivity (Wildman–Crippen MR) is 62.6 cm³/mol. The molecule has 2 aromatic heterocycles. The zero-order chi connectivity index (χ0) is 13.1. The largest absolute Gasteiger partial charge is 0.478 e. The third-order valence-electron chi connectivity index (χ3n) is 2.14. The van der Waals surface area contributed by atoms with Gasteiger partial charge in [-0.2, -0.15) is 4.98 Å². The Labute approximate surface area is 105 Å². The highest BCUT2D eigenvalue weighted by Gasteiger charge is 2.17. The van der Waals surface area contributed by atoms with Crippen LogP contribution in [0.4, 0.5) is 0 Å². The van der Waals surface area contributed by atoms with Crippen LogP contribution in [0.3, 0.4) is 0 Å². The molecule has 7 nitrogen and oxygen atoms in total. The minimum Gasteiger partial charge on any atom is -0.478 e. The van der Waals surface area contributed by atoms with Crippen LogP contribution in [0.2, 0.25) is 0 Å². The number of H-pyrrole nitrogens is 1. The Hall–Kier alpha value is -2.09. The van der Waals surface area contributed by atoms with Crippen molar-refractivity contribution in [3.05, 3.63) is 39.8 Å². The van der Waals surface area contributed by atoms with Gasteiger partial charge in [0.05, 0.1) is 11.9 Å². The van der Waals surface area contributed by atoms with Gasteiger partial charge in [-0.05, 0) is 6.92 Å². The number of hydrogen-bond donors (Lipinski definition) is 2. The molecule has 2 heterocycles. The van der Waals surface area contributed by atoms with E-state index < -0.39 is 11.7 Å². The molecule has 2 rings (SSSR count). The molecule has 0 fully saturated rings. The molecule has 8 heteroatoms. The number of aromatic nitrogens is 3. The van der Waals surface area contributed by atoms with Crippen LogP contribution in [0.25, 0.3) is 0 Å². The summed E-state index contributed by atoms with van der Waals surface area (Å²) in [4.78, 5) is 28.4. The lowest BCUT2D eigenvalue weighted by atomic mass is 10.2. The lowest BCUT2D eigenvalue weighted by Gasteiger charge is -2.05. The predicted octanol–water partition coefficient (Wildman–Crippen LogP) is 1.06. The summed E-state index contributed by atoms with van der Waals surface area (Å²) in [6, 6.07) is 1.66. The first kappa shape index (κ1) is 12.4. The molecule has 0 aliphatic heterocycles. The third-order valence-corrected chi connectivity index (χ3v) is 3.14. The van der Waals surface area contributed by atoms with Crippen LogP contribution in [0.1, 0.15) is 21.8 Å². The number of aryl methyl sites for hydroxylation is 1. The van der Waals surface area contributed by atoms with Gasteiger partial charge in [-0.15, -0.1) is 0 Å². The Morgan fingerprint density at radius 3 is 3.00 bits per heavy atom. The molecule has 0 bridgehead atoms. The SMILES string of the molecule is Cc1[nH]c(=O)nc(SCc2ccno2)c1C(=O)O. The molecule has 94 valence electrons. The van der Waals surface area contributed by atoms with Crippen molar-refractivity contribution in [3.63, 3.8) is 0 Å². The average Bonchev–Trinajstić information content (AvgIpc) is 2.77. The van der Waals surface area contributed by atoms with Gasteiger partial charge in [-0.25, -0.2) is 9.59 Å². The maximum absolute atomic E-state index is 11.2. The van der Waals surface area contributed by atoms with Gasteiger partial charge in [0.25, 0.3) is 0 Å². The number of carbonyl (C=O) groups is 1. The maximum Gasteiger partial charge on any atom is 0.346 e. The quantitative estimate of drug-likeness (QED) is 0.629. The fraction of sp³-hybridized carbons (Fsp3) is 0.200. The highest BCUT2D eigenvalue weighted by Crippen LogP contribution is 2.24. The number of rotatable bonds is 4. The Bertz CT molecular complexity index is 621. The zero-order valence-corrected chi connectivity index (χ0v) is 10.2. The van der Waals surface area contributed by atoms with E-state index in [0.717, 1.165) is 11.8 Å². The van der Waals surface area contributed by atoms with Crippen molar-refractivity contribution in [2.24, 2.45) is 0 Å². The van der Waals surface area contributed by atoms with Crippen LogP contribution in [0.15, 0.2) is 26.6 Å². The van der Waals surface area contributed by atoms with Crippen molar-refractivity contribution in [2.45, 2.75) is 17.7 Å². The molecule has 0 unspecified atom stereocenters. The van der Waals surface area contributed by atoms with E-state index in [-0.39, 0.29) is 16.3 Å². The van der Waals surface area contributed by atoms with E-state index in [0.29, 0.717) is 11.5 Å². The average molecular weight is 267 g/mol. The summed E-state index contributed by atoms with van der Waals surface area (Å²) < 4.78 is 4.88. The molecular weight excluding hydrogens is 258 g/mol. The van der Waals surface area contributed by atoms with Crippen LogP contribution < -0.4 is 5.69 Å². The summed E-state index contributed by atoms with van der Waals surface area (Å²) in [6.07, 6.45) is 1.49. The number of hydrogen-bond acceptors (Lipinski definition) is 6. The van der Waals surface area contributed by atoms with Gasteiger partial charge in [0, 0.05) is 11.8 Å². The standard InChI is InChI=1S/C10H9N3O4S/c1-5-7(9(14)15)8(13-10(16)12-5)18-4-6-2-3-11-17-6/h2-3H,4H2,1H3,(H,14,15)(H,12,13,16). The van der Waals surface area contributed by atoms with Crippen LogP contribution in [-0.4, -0.2) is 26.2 Å². The molecule has 0 atom stereocenters. The van der Waals surface area contributed by atoms with Crippen LogP contribution in [0, 0.1) is 6.92 Å². The maximum atomic E-state index is 11.2. The van der Waals surface area contributed by atoms with Crippen molar-refractivity contribution < 1.29 is 14.4 Å². The van der Waals surface area contributed by atoms with Crippen molar-refractivity contribution in [1.82, 2.24) is 15.1 Å². The van der Waals surface area contributed by atoms with Gasteiger partial charge < -0.3 is 14.6 Å². The molecule has 0 aliphatic carbocycles. The van der Waals surface area contributed by atoms with E-state index in [1.54, 1.807) is 6.07 Å². The molecule has 0 saturated carbocycles. The summed E-state index contributed by atoms with van der Waals surface area (Å²) in [7, 11) is 0. The Morgan fingerprint density at radius 2 is 2.39 bits per heavy atom. The van der Waals surface area contributed by atoms with E-state index in [1.165, 1.54) is 13.1 Å². The summed E-state index contributed by atoms with van der Waals surface area (Å²) in [5.74, 6) is -0.191. The van der Waals surface area contributed by atoms with Crippen molar-refractivity contribution in [1.29, 1.82) is 0 Å². The number of aromatic carboxylic acids is 1. The second kappa shape index (κ2) is 5.05. The highest BCUT2D eigenvalue weighted by molar-refractivity contribution is 7.98. The summed E-state index contributed by atoms with van der Waals surface area (Å²) in [6.45, 7) is 1.52. The van der Waals surface area contributed by atoms with Crippen LogP contribution >= 0.6 is 11.8 Å². The smallest absolute Gasteiger partial charge is 0.346 e. The van der Waals surface area contributed by atoms with Crippen LogP contribution in [0.5, 0.6) is 0 Å². The summed E-state index contributed by atoms with van der Waals surface area (Å²) in [5.41, 5.74) is -0.292. The van der Waals surface area contributed by atoms with Crippen LogP contribution in [-0.2, 0) is 5.75 Å². The van der Waals surface area contributed by atoms with Gasteiger partial charge in [0.2, 0.25) is 0 Å². The molecule has 0 aliphatic rings. The minimum atomic E-state index is -1.13. The van der Waals surface area contributed by atoms with Gasteiger partial charge in [0.15, 0.2) is 0 Å². The minimum absolute atomic E-state index is 0.000819. The number of aromatic amines is 1. The second-order valence-corrected chi connectivity index (χ2v) is 4.38. The molecular formula is C10H9N3O4S. The monoisotopic (exact) mass is 267 g/mol. The van der Waals surface area contributed by atoms with Gasteiger partial charge in [-0.3, -0.25) is 0 Å². The molecule has 2 aromatic rings. The summed E-state index contributed by atoms with van der Waals surface area (Å²) in [5, 5.41) is 12.8. The first-order chi connectivity index (χ1) is 8.58. The fourth-order valence-corrected chi connectivity index (χ4v) is 2.33. The molecule has 0 saturated heterocycles. The van der Waals surface area contributed by atoms with Gasteiger partial charge in [0.1, 0.15) is 16.3 Å². The normalized spacial score (nSPS) is 10.5. The summed E-state index contributed by atoms with van der Waals surface area (Å²) >= 11 is 1.12. The van der Waals surface area contributed by atoms with E-state index >= 15 is 0 Å². The highest BCUT2D eigenvalue weighted by atomic mass is 32.2. The molecule has 18 heavy (non-hydrogen) atoms. The van der Waals surface area contributed by atoms with Gasteiger partial charge in [-0.1, -0.05) is 16.9 Å². The lowest BCUT2D eigenvalue weighted by molar-refractivity contribution is 0.0690. The number of carboxylic acid groups (broad SMARTS) is 1. The van der Waals surface area contributed by atoms with E-state index in [9.17, 15) is 9.59 Å². The van der Waals surface area contributed by atoms with Crippen molar-refractivity contribution in [3.8, 4) is 0 Å². The molecule has 0 amide bonds. The molecule has 0 spiro atoms. The second-order valence-electron chi connectivity index (χ2n) is 3.42. The van der Waals surface area contributed by atoms with Crippen molar-refractivity contribution in [2.75, 3.05) is 0 Å². The third kappa shape index (κ3) is 2.59. The number of carboxylic acids is 1.